The molecule has 1 aromatic carbocycles. The maximum Gasteiger partial charge on any atom is 0.254 e. The number of carbonyl (C=O) groups is 1. The standard InChI is InChI=1S/C26H29N5O3/c1-24(2,15-32)31-23(27)22(28-4)21(29-31)17-7-5-16(6-8-17)9-18(33)10-19-11-20(30-34-19)26-12-25(3,13-26)14-26/h5-8,11,32H,9-10,12-15,27H2,1-3H3. The van der Waals surface area contributed by atoms with Crippen LogP contribution in [0.5, 0.6) is 0 Å². The van der Waals surface area contributed by atoms with Crippen LogP contribution in [-0.4, -0.2) is 32.4 Å². The van der Waals surface area contributed by atoms with Gasteiger partial charge in [-0.3, -0.25) is 9.48 Å². The summed E-state index contributed by atoms with van der Waals surface area (Å²) in [5.41, 5.74) is 9.43. The Morgan fingerprint density at radius 2 is 1.94 bits per heavy atom. The second kappa shape index (κ2) is 7.54. The Hall–Kier alpha value is -3.44. The molecular weight excluding hydrogens is 430 g/mol. The number of rotatable bonds is 8. The molecule has 2 aromatic heterocycles. The van der Waals surface area contributed by atoms with Crippen LogP contribution >= 0.6 is 0 Å². The predicted molar refractivity (Wildman–Crippen MR) is 127 cm³/mol. The minimum Gasteiger partial charge on any atom is -0.394 e. The minimum atomic E-state index is -0.731. The molecule has 176 valence electrons. The fraction of sp³-hybridized carbons (Fsp3) is 0.462. The molecule has 0 atom stereocenters. The third-order valence-corrected chi connectivity index (χ3v) is 7.37. The maximum atomic E-state index is 12.6. The largest absolute Gasteiger partial charge is 0.394 e. The van der Waals surface area contributed by atoms with Crippen LogP contribution in [0.15, 0.2) is 34.9 Å². The van der Waals surface area contributed by atoms with Crippen LogP contribution in [0, 0.1) is 12.0 Å². The summed E-state index contributed by atoms with van der Waals surface area (Å²) in [6.45, 7) is 13.3. The van der Waals surface area contributed by atoms with Crippen molar-refractivity contribution in [3.63, 3.8) is 0 Å². The summed E-state index contributed by atoms with van der Waals surface area (Å²) in [4.78, 5) is 16.2. The quantitative estimate of drug-likeness (QED) is 0.489. The number of Topliss-reactive ketones (excluding diaryl/α,β-unsaturated/α-hetero) is 1. The van der Waals surface area contributed by atoms with Gasteiger partial charge >= 0.3 is 0 Å². The lowest BCUT2D eigenvalue weighted by atomic mass is 9.35. The van der Waals surface area contributed by atoms with Gasteiger partial charge in [-0.05, 0) is 49.7 Å². The summed E-state index contributed by atoms with van der Waals surface area (Å²) < 4.78 is 6.96. The van der Waals surface area contributed by atoms with Crippen molar-refractivity contribution in [1.82, 2.24) is 14.9 Å². The molecular formula is C26H29N5O3. The highest BCUT2D eigenvalue weighted by molar-refractivity contribution is 5.85. The molecule has 3 fully saturated rings. The van der Waals surface area contributed by atoms with E-state index in [1.165, 1.54) is 23.9 Å². The summed E-state index contributed by atoms with van der Waals surface area (Å²) in [5.74, 6) is 0.906. The summed E-state index contributed by atoms with van der Waals surface area (Å²) >= 11 is 0. The van der Waals surface area contributed by atoms with Gasteiger partial charge < -0.3 is 15.4 Å². The zero-order valence-electron chi connectivity index (χ0n) is 19.8. The van der Waals surface area contributed by atoms with Crippen molar-refractivity contribution < 1.29 is 14.4 Å². The van der Waals surface area contributed by atoms with Gasteiger partial charge in [0.05, 0.1) is 30.8 Å². The Balaban J connectivity index is 1.26. The summed E-state index contributed by atoms with van der Waals surface area (Å²) in [5, 5.41) is 18.4. The Morgan fingerprint density at radius 3 is 2.53 bits per heavy atom. The van der Waals surface area contributed by atoms with Gasteiger partial charge in [-0.15, -0.1) is 0 Å². The average Bonchev–Trinajstić information content (AvgIpc) is 3.35. The van der Waals surface area contributed by atoms with E-state index in [-0.39, 0.29) is 42.2 Å². The molecule has 0 aliphatic heterocycles. The summed E-state index contributed by atoms with van der Waals surface area (Å²) in [6, 6.07) is 9.36. The van der Waals surface area contributed by atoms with E-state index in [1.54, 1.807) is 13.8 Å². The molecule has 8 nitrogen and oxygen atoms in total. The monoisotopic (exact) mass is 459 g/mol. The van der Waals surface area contributed by atoms with Gasteiger partial charge in [-0.2, -0.15) is 5.10 Å². The Bertz CT molecular complexity index is 1290. The molecule has 2 heterocycles. The highest BCUT2D eigenvalue weighted by Crippen LogP contribution is 2.73. The van der Waals surface area contributed by atoms with E-state index in [9.17, 15) is 9.90 Å². The number of aliphatic hydroxyl groups excluding tert-OH is 1. The zero-order valence-corrected chi connectivity index (χ0v) is 19.8. The molecule has 34 heavy (non-hydrogen) atoms. The number of hydrogen-bond acceptors (Lipinski definition) is 6. The van der Waals surface area contributed by atoms with E-state index < -0.39 is 5.54 Å². The third-order valence-electron chi connectivity index (χ3n) is 7.37. The fourth-order valence-electron chi connectivity index (χ4n) is 5.73. The first-order valence-electron chi connectivity index (χ1n) is 11.5. The smallest absolute Gasteiger partial charge is 0.254 e. The number of nitrogens with zero attached hydrogens (tertiary/aromatic N) is 4. The maximum absolute atomic E-state index is 12.6. The summed E-state index contributed by atoms with van der Waals surface area (Å²) in [6.07, 6.45) is 4.01. The highest BCUT2D eigenvalue weighted by atomic mass is 16.5. The lowest BCUT2D eigenvalue weighted by Gasteiger charge is -2.68. The summed E-state index contributed by atoms with van der Waals surface area (Å²) in [7, 11) is 0. The normalized spacial score (nSPS) is 23.1. The highest BCUT2D eigenvalue weighted by Gasteiger charge is 2.66. The van der Waals surface area contributed by atoms with E-state index in [1.807, 2.05) is 30.3 Å². The molecule has 0 saturated heterocycles. The van der Waals surface area contributed by atoms with E-state index in [0.29, 0.717) is 16.9 Å². The van der Waals surface area contributed by atoms with Crippen LogP contribution in [0.25, 0.3) is 16.1 Å². The first kappa shape index (κ1) is 22.4. The fourth-order valence-corrected chi connectivity index (χ4v) is 5.73. The first-order valence-corrected chi connectivity index (χ1v) is 11.5. The van der Waals surface area contributed by atoms with Gasteiger partial charge in [0.25, 0.3) is 5.69 Å². The molecule has 0 radical (unpaired) electrons. The Kier molecular flexibility index (Phi) is 4.96. The van der Waals surface area contributed by atoms with Crippen molar-refractivity contribution in [3.8, 4) is 11.3 Å². The van der Waals surface area contributed by atoms with Crippen LogP contribution in [0.1, 0.15) is 57.1 Å². The molecule has 3 N–H and O–H groups in total. The molecule has 3 aromatic rings. The minimum absolute atomic E-state index is 0.0556. The second-order valence-electron chi connectivity index (χ2n) is 11.0. The predicted octanol–water partition coefficient (Wildman–Crippen LogP) is 4.19. The van der Waals surface area contributed by atoms with Gasteiger partial charge in [0, 0.05) is 17.9 Å². The van der Waals surface area contributed by atoms with E-state index >= 15 is 0 Å². The van der Waals surface area contributed by atoms with Crippen molar-refractivity contribution in [1.29, 1.82) is 0 Å². The lowest BCUT2D eigenvalue weighted by Crippen LogP contribution is -2.63. The molecule has 0 amide bonds. The third kappa shape index (κ3) is 3.51. The molecule has 3 aliphatic carbocycles. The van der Waals surface area contributed by atoms with Gasteiger partial charge in [0.15, 0.2) is 0 Å². The van der Waals surface area contributed by atoms with Gasteiger partial charge in [0.1, 0.15) is 23.1 Å². The average molecular weight is 460 g/mol. The number of ketones is 1. The van der Waals surface area contributed by atoms with E-state index in [2.05, 4.69) is 22.0 Å². The van der Waals surface area contributed by atoms with Crippen molar-refractivity contribution >= 4 is 17.3 Å². The number of nitrogens with two attached hydrogens (primary N) is 1. The first-order chi connectivity index (χ1) is 16.1. The van der Waals surface area contributed by atoms with Gasteiger partial charge in [-0.1, -0.05) is 36.3 Å². The molecule has 3 aliphatic rings. The van der Waals surface area contributed by atoms with Gasteiger partial charge in [-0.25, -0.2) is 4.85 Å². The number of carbonyl (C=O) groups excluding carboxylic acids is 1. The molecule has 3 saturated carbocycles. The van der Waals surface area contributed by atoms with Crippen LogP contribution in [0.3, 0.4) is 0 Å². The topological polar surface area (TPSA) is 112 Å². The molecule has 2 bridgehead atoms. The molecule has 6 rings (SSSR count). The van der Waals surface area contributed by atoms with Crippen molar-refractivity contribution in [3.05, 3.63) is 58.8 Å². The number of hydrogen-bond donors (Lipinski definition) is 2. The van der Waals surface area contributed by atoms with Crippen molar-refractivity contribution in [2.75, 3.05) is 12.3 Å². The molecule has 8 heteroatoms. The lowest BCUT2D eigenvalue weighted by molar-refractivity contribution is -0.129. The molecule has 0 spiro atoms. The number of benzene rings is 1. The number of anilines is 1. The second-order valence-corrected chi connectivity index (χ2v) is 11.0. The van der Waals surface area contributed by atoms with Gasteiger partial charge in [0.2, 0.25) is 0 Å². The van der Waals surface area contributed by atoms with Crippen molar-refractivity contribution in [2.45, 2.75) is 63.8 Å². The SMILES string of the molecule is [C-]#[N+]c1c(-c2ccc(CC(=O)Cc3cc(C45CC(C)(C4)C5)no3)cc2)nn(C(C)(C)CO)c1N. The zero-order chi connectivity index (χ0) is 24.3. The van der Waals surface area contributed by atoms with Crippen LogP contribution in [-0.2, 0) is 28.6 Å². The van der Waals surface area contributed by atoms with E-state index in [0.717, 1.165) is 16.8 Å². The molecule has 0 unspecified atom stereocenters. The van der Waals surface area contributed by atoms with Crippen LogP contribution < -0.4 is 5.73 Å². The Labute approximate surface area is 198 Å². The van der Waals surface area contributed by atoms with Crippen LogP contribution in [0.4, 0.5) is 11.5 Å². The number of aliphatic hydroxyl groups is 1. The number of nitrogen functional groups attached to an aromatic ring is 1. The number of aromatic nitrogens is 3. The Morgan fingerprint density at radius 1 is 1.26 bits per heavy atom. The van der Waals surface area contributed by atoms with Crippen LogP contribution in [0.2, 0.25) is 0 Å². The van der Waals surface area contributed by atoms with E-state index in [4.69, 9.17) is 16.8 Å². The van der Waals surface area contributed by atoms with Crippen molar-refractivity contribution in [2.24, 2.45) is 5.41 Å².